The SMILES string of the molecule is O=C(Nc1cnc(-n2nccn2)c(Cl)c1)c1cnn(-c2ccc3c4c(cccc24)C(=O)N3)c1C(F)(F)F. The molecule has 2 amide bonds. The fourth-order valence-electron chi connectivity index (χ4n) is 4.20. The molecule has 3 aromatic heterocycles. The first-order valence-corrected chi connectivity index (χ1v) is 11.0. The Hall–Kier alpha value is -4.78. The molecule has 0 atom stereocenters. The van der Waals surface area contributed by atoms with Crippen LogP contribution in [0.1, 0.15) is 26.4 Å². The highest BCUT2D eigenvalue weighted by Gasteiger charge is 2.41. The Morgan fingerprint density at radius 3 is 2.57 bits per heavy atom. The van der Waals surface area contributed by atoms with Crippen LogP contribution in [-0.2, 0) is 6.18 Å². The Morgan fingerprint density at radius 2 is 1.84 bits per heavy atom. The van der Waals surface area contributed by atoms with Crippen LogP contribution in [-0.4, -0.2) is 41.6 Å². The summed E-state index contributed by atoms with van der Waals surface area (Å²) in [5, 5.41) is 17.7. The maximum atomic E-state index is 14.3. The van der Waals surface area contributed by atoms with Crippen molar-refractivity contribution in [1.82, 2.24) is 29.8 Å². The molecule has 14 heteroatoms. The van der Waals surface area contributed by atoms with E-state index in [0.717, 1.165) is 11.0 Å². The van der Waals surface area contributed by atoms with Crippen LogP contribution in [0.4, 0.5) is 24.5 Å². The molecule has 37 heavy (non-hydrogen) atoms. The predicted molar refractivity (Wildman–Crippen MR) is 126 cm³/mol. The monoisotopic (exact) mass is 524 g/mol. The van der Waals surface area contributed by atoms with Gasteiger partial charge in [-0.15, -0.1) is 4.80 Å². The van der Waals surface area contributed by atoms with Gasteiger partial charge in [0.2, 0.25) is 0 Å². The molecule has 0 saturated heterocycles. The van der Waals surface area contributed by atoms with Gasteiger partial charge in [-0.2, -0.15) is 28.5 Å². The molecule has 5 aromatic rings. The summed E-state index contributed by atoms with van der Waals surface area (Å²) >= 11 is 6.19. The fourth-order valence-corrected chi connectivity index (χ4v) is 4.44. The van der Waals surface area contributed by atoms with Crippen LogP contribution in [0.25, 0.3) is 22.3 Å². The van der Waals surface area contributed by atoms with Crippen molar-refractivity contribution in [2.24, 2.45) is 0 Å². The summed E-state index contributed by atoms with van der Waals surface area (Å²) in [4.78, 5) is 30.4. The van der Waals surface area contributed by atoms with Crippen molar-refractivity contribution in [3.05, 3.63) is 83.0 Å². The van der Waals surface area contributed by atoms with Gasteiger partial charge in [-0.25, -0.2) is 9.67 Å². The van der Waals surface area contributed by atoms with E-state index in [-0.39, 0.29) is 28.1 Å². The lowest BCUT2D eigenvalue weighted by Gasteiger charge is -2.15. The zero-order valence-electron chi connectivity index (χ0n) is 18.3. The second kappa shape index (κ2) is 8.13. The third-order valence-electron chi connectivity index (χ3n) is 5.71. The predicted octanol–water partition coefficient (Wildman–Crippen LogP) is 4.49. The molecular formula is C23H12ClF3N8O2. The summed E-state index contributed by atoms with van der Waals surface area (Å²) in [5.41, 5.74) is -1.05. The van der Waals surface area contributed by atoms with Crippen LogP contribution in [0.15, 0.2) is 61.2 Å². The lowest BCUT2D eigenvalue weighted by Crippen LogP contribution is -2.21. The molecule has 0 unspecified atom stereocenters. The molecule has 0 radical (unpaired) electrons. The van der Waals surface area contributed by atoms with Crippen LogP contribution in [0.2, 0.25) is 5.02 Å². The lowest BCUT2D eigenvalue weighted by molar-refractivity contribution is -0.143. The van der Waals surface area contributed by atoms with E-state index >= 15 is 0 Å². The number of nitrogens with zero attached hydrogens (tertiary/aromatic N) is 6. The smallest absolute Gasteiger partial charge is 0.321 e. The Bertz CT molecular complexity index is 1730. The molecule has 10 nitrogen and oxygen atoms in total. The molecule has 4 heterocycles. The van der Waals surface area contributed by atoms with E-state index < -0.39 is 23.3 Å². The van der Waals surface area contributed by atoms with E-state index in [4.69, 9.17) is 11.6 Å². The number of amides is 2. The number of rotatable bonds is 4. The summed E-state index contributed by atoms with van der Waals surface area (Å²) in [6.07, 6.45) is -0.0538. The molecule has 2 aromatic carbocycles. The average molecular weight is 525 g/mol. The Labute approximate surface area is 209 Å². The van der Waals surface area contributed by atoms with Gasteiger partial charge in [0.05, 0.1) is 46.7 Å². The van der Waals surface area contributed by atoms with Crippen molar-refractivity contribution < 1.29 is 22.8 Å². The molecule has 0 spiro atoms. The van der Waals surface area contributed by atoms with Crippen LogP contribution < -0.4 is 10.6 Å². The minimum Gasteiger partial charge on any atom is -0.321 e. The van der Waals surface area contributed by atoms with Crippen molar-refractivity contribution >= 4 is 45.6 Å². The number of anilines is 2. The number of aromatic nitrogens is 6. The summed E-state index contributed by atoms with van der Waals surface area (Å²) in [6, 6.07) is 8.95. The van der Waals surface area contributed by atoms with Gasteiger partial charge < -0.3 is 10.6 Å². The van der Waals surface area contributed by atoms with E-state index in [1.165, 1.54) is 36.8 Å². The second-order valence-corrected chi connectivity index (χ2v) is 8.34. The summed E-state index contributed by atoms with van der Waals surface area (Å²) in [7, 11) is 0. The van der Waals surface area contributed by atoms with Crippen LogP contribution in [0.5, 0.6) is 0 Å². The Kier molecular flexibility index (Phi) is 4.98. The molecular weight excluding hydrogens is 513 g/mol. The maximum Gasteiger partial charge on any atom is 0.434 e. The molecule has 0 bridgehead atoms. The summed E-state index contributed by atoms with van der Waals surface area (Å²) in [5.74, 6) is -1.24. The zero-order chi connectivity index (χ0) is 25.9. The second-order valence-electron chi connectivity index (χ2n) is 7.93. The summed E-state index contributed by atoms with van der Waals surface area (Å²) in [6.45, 7) is 0. The van der Waals surface area contributed by atoms with Crippen molar-refractivity contribution in [3.63, 3.8) is 0 Å². The number of carbonyl (C=O) groups excluding carboxylic acids is 2. The van der Waals surface area contributed by atoms with Gasteiger partial charge in [0.15, 0.2) is 11.5 Å². The van der Waals surface area contributed by atoms with Crippen molar-refractivity contribution in [3.8, 4) is 11.5 Å². The van der Waals surface area contributed by atoms with E-state index in [0.29, 0.717) is 26.7 Å². The maximum absolute atomic E-state index is 14.3. The van der Waals surface area contributed by atoms with Crippen LogP contribution >= 0.6 is 11.6 Å². The number of hydrogen-bond acceptors (Lipinski definition) is 6. The first kappa shape index (κ1) is 22.7. The van der Waals surface area contributed by atoms with Gasteiger partial charge in [0, 0.05) is 22.0 Å². The standard InChI is InChI=1S/C23H12ClF3N8O2/c24-15-8-11(9-28-20(15)35-29-6-7-30-35)32-22(37)14-10-31-34(19(14)23(25,26)27)17-5-4-16-18-12(17)2-1-3-13(18)21(36)33-16/h1-10H,(H,32,37)(H,33,36). The van der Waals surface area contributed by atoms with Gasteiger partial charge in [0.1, 0.15) is 0 Å². The Morgan fingerprint density at radius 1 is 1.05 bits per heavy atom. The third kappa shape index (κ3) is 3.67. The largest absolute Gasteiger partial charge is 0.434 e. The highest BCUT2D eigenvalue weighted by Crippen LogP contribution is 2.39. The number of hydrogen-bond donors (Lipinski definition) is 2. The van der Waals surface area contributed by atoms with Crippen molar-refractivity contribution in [2.75, 3.05) is 10.6 Å². The Balaban J connectivity index is 1.41. The molecule has 0 aliphatic carbocycles. The molecule has 1 aliphatic rings. The highest BCUT2D eigenvalue weighted by atomic mass is 35.5. The molecule has 0 saturated carbocycles. The quantitative estimate of drug-likeness (QED) is 0.357. The number of pyridine rings is 1. The average Bonchev–Trinajstić information content (AvgIpc) is 3.60. The molecule has 1 aliphatic heterocycles. The highest BCUT2D eigenvalue weighted by molar-refractivity contribution is 6.32. The molecule has 2 N–H and O–H groups in total. The number of nitrogens with one attached hydrogen (secondary N) is 2. The minimum atomic E-state index is -4.94. The fraction of sp³-hybridized carbons (Fsp3) is 0.0435. The van der Waals surface area contributed by atoms with E-state index in [1.807, 2.05) is 0 Å². The summed E-state index contributed by atoms with van der Waals surface area (Å²) < 4.78 is 43.5. The van der Waals surface area contributed by atoms with E-state index in [2.05, 4.69) is 30.9 Å². The van der Waals surface area contributed by atoms with Gasteiger partial charge >= 0.3 is 6.18 Å². The minimum absolute atomic E-state index is 0.0571. The van der Waals surface area contributed by atoms with Crippen LogP contribution in [0.3, 0.4) is 0 Å². The number of carbonyl (C=O) groups is 2. The van der Waals surface area contributed by atoms with Crippen LogP contribution in [0, 0.1) is 0 Å². The molecule has 0 fully saturated rings. The normalized spacial score (nSPS) is 12.7. The van der Waals surface area contributed by atoms with Gasteiger partial charge in [-0.1, -0.05) is 23.7 Å². The van der Waals surface area contributed by atoms with Gasteiger partial charge in [0.25, 0.3) is 11.8 Å². The first-order valence-electron chi connectivity index (χ1n) is 10.6. The third-order valence-corrected chi connectivity index (χ3v) is 5.99. The molecule has 6 rings (SSSR count). The number of halogens is 4. The van der Waals surface area contributed by atoms with Crippen molar-refractivity contribution in [2.45, 2.75) is 6.18 Å². The number of benzene rings is 2. The van der Waals surface area contributed by atoms with Gasteiger partial charge in [-0.05, 0) is 24.3 Å². The van der Waals surface area contributed by atoms with E-state index in [9.17, 15) is 22.8 Å². The van der Waals surface area contributed by atoms with Crippen molar-refractivity contribution in [1.29, 1.82) is 0 Å². The topological polar surface area (TPSA) is 120 Å². The zero-order valence-corrected chi connectivity index (χ0v) is 19.0. The van der Waals surface area contributed by atoms with Gasteiger partial charge in [-0.3, -0.25) is 9.59 Å². The first-order chi connectivity index (χ1) is 17.7. The molecule has 184 valence electrons. The number of alkyl halides is 3. The lowest BCUT2D eigenvalue weighted by atomic mass is 10.0. The van der Waals surface area contributed by atoms with E-state index in [1.54, 1.807) is 18.2 Å².